The predicted octanol–water partition coefficient (Wildman–Crippen LogP) is 3.40. The van der Waals surface area contributed by atoms with Crippen LogP contribution in [0.3, 0.4) is 0 Å². The Morgan fingerprint density at radius 2 is 2.27 bits per heavy atom. The lowest BCUT2D eigenvalue weighted by molar-refractivity contribution is 0.297. The molecular weight excluding hydrogens is 261 g/mol. The SMILES string of the molecule is N#CCCCOc1ccc(CBr)cc1F. The topological polar surface area (TPSA) is 33.0 Å². The van der Waals surface area contributed by atoms with Crippen LogP contribution in [0.15, 0.2) is 18.2 Å². The maximum atomic E-state index is 13.3. The molecule has 0 aliphatic heterocycles. The van der Waals surface area contributed by atoms with Crippen molar-refractivity contribution < 1.29 is 9.13 Å². The molecule has 4 heteroatoms. The quantitative estimate of drug-likeness (QED) is 0.608. The van der Waals surface area contributed by atoms with Gasteiger partial charge in [-0.05, 0) is 24.1 Å². The first-order valence-corrected chi connectivity index (χ1v) is 5.74. The van der Waals surface area contributed by atoms with Gasteiger partial charge in [0, 0.05) is 11.8 Å². The van der Waals surface area contributed by atoms with E-state index in [-0.39, 0.29) is 11.6 Å². The van der Waals surface area contributed by atoms with Gasteiger partial charge in [0.25, 0.3) is 0 Å². The Hall–Kier alpha value is -1.08. The normalized spacial score (nSPS) is 9.67. The van der Waals surface area contributed by atoms with Crippen molar-refractivity contribution >= 4 is 15.9 Å². The highest BCUT2D eigenvalue weighted by atomic mass is 79.9. The van der Waals surface area contributed by atoms with E-state index >= 15 is 0 Å². The summed E-state index contributed by atoms with van der Waals surface area (Å²) in [4.78, 5) is 0. The molecule has 0 unspecified atom stereocenters. The minimum atomic E-state index is -0.357. The lowest BCUT2D eigenvalue weighted by atomic mass is 10.2. The monoisotopic (exact) mass is 271 g/mol. The second-order valence-corrected chi connectivity index (χ2v) is 3.57. The van der Waals surface area contributed by atoms with Crippen molar-refractivity contribution in [2.45, 2.75) is 18.2 Å². The van der Waals surface area contributed by atoms with Gasteiger partial charge in [-0.15, -0.1) is 0 Å². The molecule has 1 aromatic carbocycles. The lowest BCUT2D eigenvalue weighted by Gasteiger charge is -2.06. The van der Waals surface area contributed by atoms with E-state index in [2.05, 4.69) is 15.9 Å². The summed E-state index contributed by atoms with van der Waals surface area (Å²) in [5.74, 6) is -0.110. The van der Waals surface area contributed by atoms with Gasteiger partial charge in [-0.2, -0.15) is 5.26 Å². The number of halogens is 2. The number of hydrogen-bond acceptors (Lipinski definition) is 2. The minimum Gasteiger partial charge on any atom is -0.490 e. The molecule has 0 heterocycles. The second-order valence-electron chi connectivity index (χ2n) is 3.01. The van der Waals surface area contributed by atoms with E-state index in [4.69, 9.17) is 10.00 Å². The first-order chi connectivity index (χ1) is 7.27. The Morgan fingerprint density at radius 1 is 1.47 bits per heavy atom. The number of alkyl halides is 1. The molecule has 0 aliphatic rings. The van der Waals surface area contributed by atoms with E-state index in [0.717, 1.165) is 5.56 Å². The van der Waals surface area contributed by atoms with Crippen LogP contribution in [0.4, 0.5) is 4.39 Å². The third kappa shape index (κ3) is 3.88. The molecule has 0 fully saturated rings. The van der Waals surface area contributed by atoms with Gasteiger partial charge < -0.3 is 4.74 Å². The van der Waals surface area contributed by atoms with E-state index in [1.807, 2.05) is 6.07 Å². The van der Waals surface area contributed by atoms with Crippen molar-refractivity contribution in [3.8, 4) is 11.8 Å². The predicted molar refractivity (Wildman–Crippen MR) is 59.4 cm³/mol. The molecule has 0 bridgehead atoms. The summed E-state index contributed by atoms with van der Waals surface area (Å²) in [6.45, 7) is 0.373. The van der Waals surface area contributed by atoms with Crippen LogP contribution in [-0.2, 0) is 5.33 Å². The van der Waals surface area contributed by atoms with Crippen molar-refractivity contribution in [1.82, 2.24) is 0 Å². The summed E-state index contributed by atoms with van der Waals surface area (Å²) in [6.07, 6.45) is 1.05. The summed E-state index contributed by atoms with van der Waals surface area (Å²) >= 11 is 3.25. The fraction of sp³-hybridized carbons (Fsp3) is 0.364. The van der Waals surface area contributed by atoms with Crippen molar-refractivity contribution in [1.29, 1.82) is 5.26 Å². The molecule has 15 heavy (non-hydrogen) atoms. The lowest BCUT2D eigenvalue weighted by Crippen LogP contribution is -1.99. The van der Waals surface area contributed by atoms with Crippen LogP contribution >= 0.6 is 15.9 Å². The first kappa shape index (κ1) is 12.0. The van der Waals surface area contributed by atoms with Gasteiger partial charge >= 0.3 is 0 Å². The molecular formula is C11H11BrFNO. The summed E-state index contributed by atoms with van der Waals surface area (Å²) in [5, 5.41) is 8.93. The third-order valence-electron chi connectivity index (χ3n) is 1.84. The number of ether oxygens (including phenoxy) is 1. The standard InChI is InChI=1S/C11H11BrFNO/c12-8-9-3-4-11(10(13)7-9)15-6-2-1-5-14/h3-4,7H,1-2,6,8H2. The molecule has 0 spiro atoms. The first-order valence-electron chi connectivity index (χ1n) is 4.62. The molecule has 2 nitrogen and oxygen atoms in total. The molecule has 0 saturated heterocycles. The number of benzene rings is 1. The van der Waals surface area contributed by atoms with Gasteiger partial charge in [0.1, 0.15) is 0 Å². The Bertz CT molecular complexity index is 362. The van der Waals surface area contributed by atoms with Crippen molar-refractivity contribution in [2.24, 2.45) is 0 Å². The van der Waals surface area contributed by atoms with Crippen molar-refractivity contribution in [2.75, 3.05) is 6.61 Å². The maximum Gasteiger partial charge on any atom is 0.165 e. The van der Waals surface area contributed by atoms with Crippen LogP contribution in [-0.4, -0.2) is 6.61 Å². The van der Waals surface area contributed by atoms with E-state index < -0.39 is 0 Å². The maximum absolute atomic E-state index is 13.3. The number of nitrogens with zero attached hydrogens (tertiary/aromatic N) is 1. The van der Waals surface area contributed by atoms with Gasteiger partial charge in [0.05, 0.1) is 12.7 Å². The summed E-state index contributed by atoms with van der Waals surface area (Å²) < 4.78 is 18.5. The molecule has 0 atom stereocenters. The van der Waals surface area contributed by atoms with Crippen LogP contribution in [0.25, 0.3) is 0 Å². The Morgan fingerprint density at radius 3 is 2.87 bits per heavy atom. The molecule has 0 radical (unpaired) electrons. The Labute approximate surface area is 96.8 Å². The summed E-state index contributed by atoms with van der Waals surface area (Å²) in [7, 11) is 0. The zero-order valence-corrected chi connectivity index (χ0v) is 9.76. The second kappa shape index (κ2) is 6.41. The van der Waals surface area contributed by atoms with Gasteiger partial charge in [-0.1, -0.05) is 22.0 Å². The van der Waals surface area contributed by atoms with E-state index in [9.17, 15) is 4.39 Å². The van der Waals surface area contributed by atoms with E-state index in [1.54, 1.807) is 12.1 Å². The molecule has 0 N–H and O–H groups in total. The number of nitriles is 1. The highest BCUT2D eigenvalue weighted by Gasteiger charge is 2.03. The van der Waals surface area contributed by atoms with Crippen LogP contribution in [0.2, 0.25) is 0 Å². The zero-order chi connectivity index (χ0) is 11.1. The number of hydrogen-bond donors (Lipinski definition) is 0. The molecule has 1 rings (SSSR count). The van der Waals surface area contributed by atoms with Crippen molar-refractivity contribution in [3.63, 3.8) is 0 Å². The molecule has 0 aromatic heterocycles. The van der Waals surface area contributed by atoms with Gasteiger partial charge in [-0.25, -0.2) is 4.39 Å². The van der Waals surface area contributed by atoms with Crippen LogP contribution in [0, 0.1) is 17.1 Å². The highest BCUT2D eigenvalue weighted by Crippen LogP contribution is 2.19. The highest BCUT2D eigenvalue weighted by molar-refractivity contribution is 9.08. The van der Waals surface area contributed by atoms with Gasteiger partial charge in [0.15, 0.2) is 11.6 Å². The van der Waals surface area contributed by atoms with Gasteiger partial charge in [0.2, 0.25) is 0 Å². The molecule has 0 aliphatic carbocycles. The smallest absolute Gasteiger partial charge is 0.165 e. The Balaban J connectivity index is 2.51. The summed E-state index contributed by atoms with van der Waals surface area (Å²) in [5.41, 5.74) is 0.872. The zero-order valence-electron chi connectivity index (χ0n) is 8.17. The van der Waals surface area contributed by atoms with Crippen LogP contribution in [0.1, 0.15) is 18.4 Å². The average Bonchev–Trinajstić information content (AvgIpc) is 2.26. The third-order valence-corrected chi connectivity index (χ3v) is 2.49. The molecule has 0 saturated carbocycles. The Kier molecular flexibility index (Phi) is 5.13. The van der Waals surface area contributed by atoms with Crippen molar-refractivity contribution in [3.05, 3.63) is 29.6 Å². The fourth-order valence-corrected chi connectivity index (χ4v) is 1.43. The van der Waals surface area contributed by atoms with E-state index in [1.165, 1.54) is 6.07 Å². The molecule has 80 valence electrons. The number of rotatable bonds is 5. The largest absolute Gasteiger partial charge is 0.490 e. The van der Waals surface area contributed by atoms with Crippen LogP contribution < -0.4 is 4.74 Å². The molecule has 1 aromatic rings. The summed E-state index contributed by atoms with van der Waals surface area (Å²) in [6, 6.07) is 6.86. The van der Waals surface area contributed by atoms with E-state index in [0.29, 0.717) is 24.8 Å². The molecule has 0 amide bonds. The minimum absolute atomic E-state index is 0.248. The number of unbranched alkanes of at least 4 members (excludes halogenated alkanes) is 1. The van der Waals surface area contributed by atoms with Crippen LogP contribution in [0.5, 0.6) is 5.75 Å². The average molecular weight is 272 g/mol. The fourth-order valence-electron chi connectivity index (χ4n) is 1.08. The van der Waals surface area contributed by atoms with Gasteiger partial charge in [-0.3, -0.25) is 0 Å².